The first-order valence-electron chi connectivity index (χ1n) is 5.61. The molecule has 0 unspecified atom stereocenters. The minimum atomic E-state index is 0.0415. The van der Waals surface area contributed by atoms with Gasteiger partial charge in [-0.2, -0.15) is 15.0 Å². The highest BCUT2D eigenvalue weighted by atomic mass is 35.5. The van der Waals surface area contributed by atoms with Crippen LogP contribution in [0.2, 0.25) is 5.28 Å². The van der Waals surface area contributed by atoms with Gasteiger partial charge in [-0.05, 0) is 23.7 Å². The summed E-state index contributed by atoms with van der Waals surface area (Å²) in [4.78, 5) is 11.8. The lowest BCUT2D eigenvalue weighted by molar-refractivity contribution is 0.355. The molecular formula is C12H13ClN4O3. The van der Waals surface area contributed by atoms with Crippen LogP contribution in [0.15, 0.2) is 18.2 Å². The van der Waals surface area contributed by atoms with Crippen LogP contribution >= 0.6 is 11.6 Å². The summed E-state index contributed by atoms with van der Waals surface area (Å²) in [7, 11) is 4.58. The van der Waals surface area contributed by atoms with E-state index in [1.54, 1.807) is 32.4 Å². The zero-order valence-electron chi connectivity index (χ0n) is 11.2. The molecule has 0 aliphatic rings. The second kappa shape index (κ2) is 6.25. The summed E-state index contributed by atoms with van der Waals surface area (Å²) in [6.45, 7) is 0. The maximum Gasteiger partial charge on any atom is 0.322 e. The molecule has 0 saturated carbocycles. The molecule has 1 aromatic heterocycles. The lowest BCUT2D eigenvalue weighted by Crippen LogP contribution is -2.02. The minimum Gasteiger partial charge on any atom is -0.493 e. The summed E-state index contributed by atoms with van der Waals surface area (Å²) in [5.41, 5.74) is 0.715. The number of aromatic nitrogens is 3. The SMILES string of the molecule is COc1nc(Cl)nc(Nc2ccc(OC)c(OC)c2)n1. The fraction of sp³-hybridized carbons (Fsp3) is 0.250. The number of hydrogen-bond acceptors (Lipinski definition) is 7. The van der Waals surface area contributed by atoms with Gasteiger partial charge in [0.1, 0.15) is 0 Å². The Kier molecular flexibility index (Phi) is 4.41. The highest BCUT2D eigenvalue weighted by Gasteiger charge is 2.08. The number of ether oxygens (including phenoxy) is 3. The Bertz CT molecular complexity index is 609. The second-order valence-electron chi connectivity index (χ2n) is 3.61. The van der Waals surface area contributed by atoms with Gasteiger partial charge in [0.15, 0.2) is 11.5 Å². The fourth-order valence-corrected chi connectivity index (χ4v) is 1.67. The highest BCUT2D eigenvalue weighted by molar-refractivity contribution is 6.28. The van der Waals surface area contributed by atoms with Crippen LogP contribution in [0.4, 0.5) is 11.6 Å². The minimum absolute atomic E-state index is 0.0415. The predicted molar refractivity (Wildman–Crippen MR) is 74.2 cm³/mol. The quantitative estimate of drug-likeness (QED) is 0.907. The first-order valence-corrected chi connectivity index (χ1v) is 5.98. The number of nitrogens with zero attached hydrogens (tertiary/aromatic N) is 3. The normalized spacial score (nSPS) is 10.0. The van der Waals surface area contributed by atoms with E-state index < -0.39 is 0 Å². The van der Waals surface area contributed by atoms with Crippen molar-refractivity contribution in [3.8, 4) is 17.5 Å². The van der Waals surface area contributed by atoms with E-state index in [4.69, 9.17) is 25.8 Å². The number of hydrogen-bond donors (Lipinski definition) is 1. The Morgan fingerprint density at radius 2 is 1.70 bits per heavy atom. The van der Waals surface area contributed by atoms with Gasteiger partial charge in [-0.25, -0.2) is 0 Å². The van der Waals surface area contributed by atoms with E-state index in [0.29, 0.717) is 17.2 Å². The monoisotopic (exact) mass is 296 g/mol. The maximum atomic E-state index is 5.77. The molecule has 0 aliphatic heterocycles. The van der Waals surface area contributed by atoms with Crippen LogP contribution < -0.4 is 19.5 Å². The average Bonchev–Trinajstić information content (AvgIpc) is 2.46. The average molecular weight is 297 g/mol. The van der Waals surface area contributed by atoms with E-state index in [1.165, 1.54) is 7.11 Å². The van der Waals surface area contributed by atoms with Crippen LogP contribution in [0.5, 0.6) is 17.5 Å². The van der Waals surface area contributed by atoms with Crippen LogP contribution in [-0.4, -0.2) is 36.3 Å². The number of methoxy groups -OCH3 is 3. The van der Waals surface area contributed by atoms with Crippen molar-refractivity contribution in [1.29, 1.82) is 0 Å². The van der Waals surface area contributed by atoms with Gasteiger partial charge in [-0.1, -0.05) is 0 Å². The topological polar surface area (TPSA) is 78.4 Å². The van der Waals surface area contributed by atoms with Crippen molar-refractivity contribution in [3.63, 3.8) is 0 Å². The number of anilines is 2. The Hall–Kier alpha value is -2.28. The van der Waals surface area contributed by atoms with E-state index in [1.807, 2.05) is 0 Å². The molecule has 8 heteroatoms. The number of nitrogens with one attached hydrogen (secondary N) is 1. The van der Waals surface area contributed by atoms with Crippen molar-refractivity contribution in [3.05, 3.63) is 23.5 Å². The van der Waals surface area contributed by atoms with Crippen LogP contribution in [0.3, 0.4) is 0 Å². The Balaban J connectivity index is 2.27. The van der Waals surface area contributed by atoms with Gasteiger partial charge < -0.3 is 19.5 Å². The molecule has 0 spiro atoms. The van der Waals surface area contributed by atoms with Crippen molar-refractivity contribution in [2.45, 2.75) is 0 Å². The van der Waals surface area contributed by atoms with Crippen LogP contribution in [-0.2, 0) is 0 Å². The van der Waals surface area contributed by atoms with E-state index in [9.17, 15) is 0 Å². The van der Waals surface area contributed by atoms with Gasteiger partial charge in [-0.15, -0.1) is 0 Å². The van der Waals surface area contributed by atoms with Crippen LogP contribution in [0.25, 0.3) is 0 Å². The number of benzene rings is 1. The van der Waals surface area contributed by atoms with Gasteiger partial charge in [0.25, 0.3) is 0 Å². The zero-order valence-corrected chi connectivity index (χ0v) is 11.9. The third-order valence-corrected chi connectivity index (χ3v) is 2.58. The highest BCUT2D eigenvalue weighted by Crippen LogP contribution is 2.30. The third kappa shape index (κ3) is 3.18. The van der Waals surface area contributed by atoms with Crippen molar-refractivity contribution in [1.82, 2.24) is 15.0 Å². The zero-order chi connectivity index (χ0) is 14.5. The third-order valence-electron chi connectivity index (χ3n) is 2.41. The van der Waals surface area contributed by atoms with Gasteiger partial charge in [0.05, 0.1) is 21.3 Å². The second-order valence-corrected chi connectivity index (χ2v) is 3.95. The summed E-state index contributed by atoms with van der Waals surface area (Å²) >= 11 is 5.77. The molecule has 0 amide bonds. The molecule has 20 heavy (non-hydrogen) atoms. The number of rotatable bonds is 5. The first kappa shape index (κ1) is 14.1. The summed E-state index contributed by atoms with van der Waals surface area (Å²) in [6.07, 6.45) is 0. The smallest absolute Gasteiger partial charge is 0.322 e. The molecule has 0 saturated heterocycles. The van der Waals surface area contributed by atoms with Crippen molar-refractivity contribution in [2.75, 3.05) is 26.6 Å². The van der Waals surface area contributed by atoms with Gasteiger partial charge in [-0.3, -0.25) is 0 Å². The largest absolute Gasteiger partial charge is 0.493 e. The lowest BCUT2D eigenvalue weighted by atomic mass is 10.3. The van der Waals surface area contributed by atoms with Crippen molar-refractivity contribution in [2.24, 2.45) is 0 Å². The summed E-state index contributed by atoms with van der Waals surface area (Å²) in [5, 5.41) is 3.02. The molecule has 2 aromatic rings. The fourth-order valence-electron chi connectivity index (χ4n) is 1.52. The van der Waals surface area contributed by atoms with E-state index >= 15 is 0 Å². The molecule has 1 aromatic carbocycles. The van der Waals surface area contributed by atoms with Gasteiger partial charge in [0.2, 0.25) is 11.2 Å². The molecule has 106 valence electrons. The van der Waals surface area contributed by atoms with Crippen molar-refractivity contribution >= 4 is 23.2 Å². The standard InChI is InChI=1S/C12H13ClN4O3/c1-18-8-5-4-7(6-9(8)19-2)14-11-15-10(13)16-12(17-11)20-3/h4-6H,1-3H3,(H,14,15,16,17). The van der Waals surface area contributed by atoms with Gasteiger partial charge >= 0.3 is 6.01 Å². The molecular weight excluding hydrogens is 284 g/mol. The molecule has 1 N–H and O–H groups in total. The summed E-state index contributed by atoms with van der Waals surface area (Å²) in [6, 6.07) is 5.45. The maximum absolute atomic E-state index is 5.77. The summed E-state index contributed by atoms with van der Waals surface area (Å²) < 4.78 is 15.3. The molecule has 2 rings (SSSR count). The van der Waals surface area contributed by atoms with E-state index in [2.05, 4.69) is 20.3 Å². The van der Waals surface area contributed by atoms with Crippen molar-refractivity contribution < 1.29 is 14.2 Å². The molecule has 0 atom stereocenters. The lowest BCUT2D eigenvalue weighted by Gasteiger charge is -2.10. The first-order chi connectivity index (χ1) is 9.66. The van der Waals surface area contributed by atoms with E-state index in [-0.39, 0.29) is 17.2 Å². The molecule has 1 heterocycles. The summed E-state index contributed by atoms with van der Waals surface area (Å²) in [5.74, 6) is 1.49. The van der Waals surface area contributed by atoms with Crippen LogP contribution in [0.1, 0.15) is 0 Å². The Morgan fingerprint density at radius 1 is 0.950 bits per heavy atom. The van der Waals surface area contributed by atoms with Crippen LogP contribution in [0, 0.1) is 0 Å². The molecule has 0 aliphatic carbocycles. The van der Waals surface area contributed by atoms with Gasteiger partial charge in [0, 0.05) is 11.8 Å². The number of halogens is 1. The molecule has 7 nitrogen and oxygen atoms in total. The molecule has 0 fully saturated rings. The predicted octanol–water partition coefficient (Wildman–Crippen LogP) is 2.29. The molecule has 0 radical (unpaired) electrons. The van der Waals surface area contributed by atoms with E-state index in [0.717, 1.165) is 0 Å². The molecule has 0 bridgehead atoms. The Labute approximate surface area is 120 Å². The Morgan fingerprint density at radius 3 is 2.35 bits per heavy atom.